The summed E-state index contributed by atoms with van der Waals surface area (Å²) in [4.78, 5) is 13.8. The molecule has 0 spiro atoms. The van der Waals surface area contributed by atoms with Crippen molar-refractivity contribution in [2.75, 3.05) is 13.1 Å². The summed E-state index contributed by atoms with van der Waals surface area (Å²) in [6, 6.07) is 3.51. The second kappa shape index (κ2) is 5.87. The monoisotopic (exact) mass is 283 g/mol. The molecule has 1 aromatic carbocycles. The van der Waals surface area contributed by atoms with Crippen molar-refractivity contribution in [1.82, 2.24) is 4.90 Å². The van der Waals surface area contributed by atoms with Crippen LogP contribution in [0.4, 0.5) is 8.78 Å². The first-order valence-electron chi connectivity index (χ1n) is 6.81. The maximum atomic E-state index is 13.1. The van der Waals surface area contributed by atoms with E-state index >= 15 is 0 Å². The van der Waals surface area contributed by atoms with E-state index in [9.17, 15) is 18.7 Å². The molecule has 3 nitrogen and oxygen atoms in total. The van der Waals surface area contributed by atoms with Gasteiger partial charge >= 0.3 is 0 Å². The van der Waals surface area contributed by atoms with Crippen molar-refractivity contribution >= 4 is 5.91 Å². The molecule has 20 heavy (non-hydrogen) atoms. The molecule has 1 N–H and O–H groups in total. The van der Waals surface area contributed by atoms with Crippen LogP contribution in [0, 0.1) is 11.6 Å². The van der Waals surface area contributed by atoms with Crippen molar-refractivity contribution < 1.29 is 18.7 Å². The number of likely N-dealkylation sites (tertiary alicyclic amines) is 1. The predicted octanol–water partition coefficient (Wildman–Crippen LogP) is 2.27. The topological polar surface area (TPSA) is 40.5 Å². The van der Waals surface area contributed by atoms with Gasteiger partial charge in [-0.15, -0.1) is 0 Å². The summed E-state index contributed by atoms with van der Waals surface area (Å²) in [6.45, 7) is 2.87. The van der Waals surface area contributed by atoms with Crippen LogP contribution >= 0.6 is 0 Å². The Hall–Kier alpha value is -1.49. The number of hydrogen-bond donors (Lipinski definition) is 1. The van der Waals surface area contributed by atoms with Crippen molar-refractivity contribution in [3.63, 3.8) is 0 Å². The van der Waals surface area contributed by atoms with Crippen LogP contribution < -0.4 is 0 Å². The van der Waals surface area contributed by atoms with Crippen LogP contribution in [-0.2, 0) is 11.2 Å². The van der Waals surface area contributed by atoms with Gasteiger partial charge < -0.3 is 10.0 Å². The molecule has 2 rings (SSSR count). The molecule has 1 atom stereocenters. The van der Waals surface area contributed by atoms with E-state index in [1.165, 1.54) is 6.07 Å². The minimum atomic E-state index is -0.936. The van der Waals surface area contributed by atoms with E-state index in [0.29, 0.717) is 31.5 Å². The summed E-state index contributed by atoms with van der Waals surface area (Å²) >= 11 is 0. The number of nitrogens with zero attached hydrogens (tertiary/aromatic N) is 1. The van der Waals surface area contributed by atoms with Crippen LogP contribution in [0.1, 0.15) is 31.7 Å². The van der Waals surface area contributed by atoms with E-state index in [-0.39, 0.29) is 12.3 Å². The molecule has 1 aliphatic heterocycles. The summed E-state index contributed by atoms with van der Waals surface area (Å²) in [5.74, 6) is -1.96. The fourth-order valence-corrected chi connectivity index (χ4v) is 2.45. The number of carbonyl (C=O) groups excluding carboxylic acids is 1. The van der Waals surface area contributed by atoms with Crippen molar-refractivity contribution in [1.29, 1.82) is 0 Å². The molecular formula is C15H19F2NO2. The predicted molar refractivity (Wildman–Crippen MR) is 71.1 cm³/mol. The SMILES string of the molecule is CC1(O)CCCN(C(=O)Cc2ccc(F)c(F)c2)CC1. The number of aliphatic hydroxyl groups is 1. The van der Waals surface area contributed by atoms with Gasteiger partial charge in [0.25, 0.3) is 0 Å². The molecule has 1 unspecified atom stereocenters. The normalized spacial score (nSPS) is 23.5. The number of benzene rings is 1. The lowest BCUT2D eigenvalue weighted by Crippen LogP contribution is -2.34. The van der Waals surface area contributed by atoms with Gasteiger partial charge in [0.2, 0.25) is 5.91 Å². The largest absolute Gasteiger partial charge is 0.390 e. The lowest BCUT2D eigenvalue weighted by Gasteiger charge is -2.22. The third kappa shape index (κ3) is 3.76. The molecular weight excluding hydrogens is 264 g/mol. The molecule has 0 aromatic heterocycles. The Morgan fingerprint density at radius 2 is 2.05 bits per heavy atom. The van der Waals surface area contributed by atoms with Crippen molar-refractivity contribution in [3.05, 3.63) is 35.4 Å². The quantitative estimate of drug-likeness (QED) is 0.904. The molecule has 0 saturated carbocycles. The summed E-state index contributed by atoms with van der Waals surface area (Å²) in [6.07, 6.45) is 2.01. The van der Waals surface area contributed by atoms with Crippen LogP contribution in [0.3, 0.4) is 0 Å². The number of hydrogen-bond acceptors (Lipinski definition) is 2. The van der Waals surface area contributed by atoms with E-state index in [1.54, 1.807) is 11.8 Å². The van der Waals surface area contributed by atoms with Gasteiger partial charge in [0.1, 0.15) is 0 Å². The van der Waals surface area contributed by atoms with E-state index < -0.39 is 17.2 Å². The highest BCUT2D eigenvalue weighted by atomic mass is 19.2. The Balaban J connectivity index is 1.99. The van der Waals surface area contributed by atoms with Crippen molar-refractivity contribution in [2.24, 2.45) is 0 Å². The van der Waals surface area contributed by atoms with Gasteiger partial charge in [-0.2, -0.15) is 0 Å². The third-order valence-corrected chi connectivity index (χ3v) is 3.76. The zero-order valence-electron chi connectivity index (χ0n) is 11.5. The molecule has 1 amide bonds. The Labute approximate surface area is 117 Å². The number of rotatable bonds is 2. The summed E-state index contributed by atoms with van der Waals surface area (Å²) in [7, 11) is 0. The minimum Gasteiger partial charge on any atom is -0.390 e. The first-order chi connectivity index (χ1) is 9.37. The molecule has 110 valence electrons. The van der Waals surface area contributed by atoms with Gasteiger partial charge in [-0.3, -0.25) is 4.79 Å². The summed E-state index contributed by atoms with van der Waals surface area (Å²) in [5, 5.41) is 9.98. The molecule has 1 aliphatic rings. The second-order valence-corrected chi connectivity index (χ2v) is 5.66. The molecule has 1 fully saturated rings. The second-order valence-electron chi connectivity index (χ2n) is 5.66. The van der Waals surface area contributed by atoms with Crippen LogP contribution in [0.25, 0.3) is 0 Å². The average Bonchev–Trinajstić information content (AvgIpc) is 2.55. The molecule has 0 bridgehead atoms. The first-order valence-corrected chi connectivity index (χ1v) is 6.81. The van der Waals surface area contributed by atoms with Gasteiger partial charge in [0, 0.05) is 13.1 Å². The van der Waals surface area contributed by atoms with Crippen LogP contribution in [0.15, 0.2) is 18.2 Å². The smallest absolute Gasteiger partial charge is 0.226 e. The Kier molecular flexibility index (Phi) is 4.38. The van der Waals surface area contributed by atoms with Crippen LogP contribution in [-0.4, -0.2) is 34.6 Å². The zero-order chi connectivity index (χ0) is 14.8. The Morgan fingerprint density at radius 3 is 2.75 bits per heavy atom. The highest BCUT2D eigenvalue weighted by molar-refractivity contribution is 5.78. The lowest BCUT2D eigenvalue weighted by atomic mass is 9.98. The maximum Gasteiger partial charge on any atom is 0.226 e. The van der Waals surface area contributed by atoms with Gasteiger partial charge in [0.15, 0.2) is 11.6 Å². The summed E-state index contributed by atoms with van der Waals surface area (Å²) < 4.78 is 25.9. The molecule has 0 radical (unpaired) electrons. The van der Waals surface area contributed by atoms with Crippen molar-refractivity contribution in [3.8, 4) is 0 Å². The minimum absolute atomic E-state index is 0.0549. The van der Waals surface area contributed by atoms with E-state index in [1.807, 2.05) is 0 Å². The van der Waals surface area contributed by atoms with Crippen LogP contribution in [0.5, 0.6) is 0 Å². The van der Waals surface area contributed by atoms with Gasteiger partial charge in [-0.05, 0) is 43.9 Å². The zero-order valence-corrected chi connectivity index (χ0v) is 11.5. The lowest BCUT2D eigenvalue weighted by molar-refractivity contribution is -0.130. The van der Waals surface area contributed by atoms with Gasteiger partial charge in [-0.25, -0.2) is 8.78 Å². The molecule has 5 heteroatoms. The highest BCUT2D eigenvalue weighted by Gasteiger charge is 2.26. The summed E-state index contributed by atoms with van der Waals surface area (Å²) in [5.41, 5.74) is -0.262. The highest BCUT2D eigenvalue weighted by Crippen LogP contribution is 2.22. The Bertz CT molecular complexity index is 503. The molecule has 0 aliphatic carbocycles. The third-order valence-electron chi connectivity index (χ3n) is 3.76. The fraction of sp³-hybridized carbons (Fsp3) is 0.533. The molecule has 1 heterocycles. The van der Waals surface area contributed by atoms with Gasteiger partial charge in [0.05, 0.1) is 12.0 Å². The van der Waals surface area contributed by atoms with E-state index in [4.69, 9.17) is 0 Å². The number of halogens is 2. The first kappa shape index (κ1) is 14.9. The van der Waals surface area contributed by atoms with Crippen molar-refractivity contribution in [2.45, 2.75) is 38.2 Å². The average molecular weight is 283 g/mol. The standard InChI is InChI=1S/C15H19F2NO2/c1-15(20)5-2-7-18(8-6-15)14(19)10-11-3-4-12(16)13(17)9-11/h3-4,9,20H,2,5-8,10H2,1H3. The van der Waals surface area contributed by atoms with E-state index in [2.05, 4.69) is 0 Å². The molecule has 1 aromatic rings. The number of carbonyl (C=O) groups is 1. The Morgan fingerprint density at radius 1 is 1.30 bits per heavy atom. The van der Waals surface area contributed by atoms with Crippen LogP contribution in [0.2, 0.25) is 0 Å². The maximum absolute atomic E-state index is 13.1. The molecule has 1 saturated heterocycles. The number of amides is 1. The fourth-order valence-electron chi connectivity index (χ4n) is 2.45. The van der Waals surface area contributed by atoms with Gasteiger partial charge in [-0.1, -0.05) is 6.07 Å². The van der Waals surface area contributed by atoms with E-state index in [0.717, 1.165) is 18.6 Å².